The van der Waals surface area contributed by atoms with Crippen LogP contribution in [0.15, 0.2) is 18.2 Å². The molecular formula is C46H74N4O5S. The topological polar surface area (TPSA) is 131 Å². The third-order valence-electron chi connectivity index (χ3n) is 14.8. The van der Waals surface area contributed by atoms with Gasteiger partial charge in [0.25, 0.3) is 0 Å². The number of hydrogen-bond acceptors (Lipinski definition) is 6. The number of nitrogens with one attached hydrogen (secondary N) is 3. The Morgan fingerprint density at radius 2 is 1.61 bits per heavy atom. The highest BCUT2D eigenvalue weighted by atomic mass is 32.2. The molecule has 1 aromatic carbocycles. The molecular weight excluding hydrogens is 721 g/mol. The van der Waals surface area contributed by atoms with Crippen LogP contribution < -0.4 is 16.0 Å². The van der Waals surface area contributed by atoms with Crippen LogP contribution in [0.1, 0.15) is 165 Å². The largest absolute Gasteiger partial charge is 0.508 e. The highest BCUT2D eigenvalue weighted by molar-refractivity contribution is 8.00. The summed E-state index contributed by atoms with van der Waals surface area (Å²) in [6.45, 7) is 3.89. The standard InChI is InChI=1S/C46H74N4O5S/c1-46-26-25-36-35-22-21-34(51)30-33(35)29-32(43(36)37(46)23-24-40(46)52)17-11-8-6-4-3-5-7-9-16-28-50(2)42(54)20-12-10-15-27-47-41(53)19-14-13-18-39-44-38(31-56-39)48-45(55)49-44/h21-22,30,32,36-40,43-44,51-52H,3-20,23-29,31H2,1-2H3,(H,47,53)(H2,48,49,55)/t32-,36-,37+,38+,39+,40+,43-,44+,46+/m1/s1. The fraction of sp³-hybridized carbons (Fsp3) is 0.804. The average molecular weight is 795 g/mol. The van der Waals surface area contributed by atoms with E-state index in [0.29, 0.717) is 54.1 Å². The van der Waals surface area contributed by atoms with Crippen molar-refractivity contribution in [2.24, 2.45) is 23.2 Å². The number of phenols is 1. The zero-order valence-electron chi connectivity index (χ0n) is 34.7. The summed E-state index contributed by atoms with van der Waals surface area (Å²) in [5.41, 5.74) is 2.94. The molecule has 5 N–H and O–H groups in total. The number of aliphatic hydroxyl groups excluding tert-OH is 1. The van der Waals surface area contributed by atoms with Gasteiger partial charge in [0.1, 0.15) is 5.75 Å². The highest BCUT2D eigenvalue weighted by Gasteiger charge is 2.56. The molecule has 56 heavy (non-hydrogen) atoms. The number of aromatic hydroxyl groups is 1. The predicted octanol–water partition coefficient (Wildman–Crippen LogP) is 8.60. The molecule has 9 nitrogen and oxygen atoms in total. The molecule has 314 valence electrons. The third kappa shape index (κ3) is 11.2. The number of benzene rings is 1. The smallest absolute Gasteiger partial charge is 0.315 e. The number of rotatable bonds is 23. The Labute approximate surface area is 342 Å². The molecule has 2 saturated carbocycles. The van der Waals surface area contributed by atoms with E-state index < -0.39 is 0 Å². The maximum absolute atomic E-state index is 12.6. The lowest BCUT2D eigenvalue weighted by Gasteiger charge is -2.53. The van der Waals surface area contributed by atoms with Crippen molar-refractivity contribution in [3.63, 3.8) is 0 Å². The van der Waals surface area contributed by atoms with Crippen molar-refractivity contribution in [1.29, 1.82) is 0 Å². The van der Waals surface area contributed by atoms with E-state index in [-0.39, 0.29) is 41.4 Å². The molecule has 2 saturated heterocycles. The first-order valence-electron chi connectivity index (χ1n) is 22.8. The van der Waals surface area contributed by atoms with Crippen LogP contribution in [0, 0.1) is 23.2 Å². The number of unbranched alkanes of at least 4 members (excludes halogenated alkanes) is 11. The SMILES string of the molecule is CN(CCCCCCCCCCC[C@@H]1Cc2cc(O)ccc2[C@H]2CC[C@]3(C)[C@@H](O)CC[C@H]3[C@H]12)C(=O)CCCCCNC(=O)CCCC[C@@H]1SC[C@@H]2NC(=O)N[C@@H]21. The molecule has 0 aromatic heterocycles. The number of phenolic OH excluding ortho intramolecular Hbond substituents is 1. The highest BCUT2D eigenvalue weighted by Crippen LogP contribution is 2.62. The first kappa shape index (κ1) is 43.1. The van der Waals surface area contributed by atoms with Gasteiger partial charge < -0.3 is 31.1 Å². The van der Waals surface area contributed by atoms with Gasteiger partial charge in [-0.25, -0.2) is 4.79 Å². The average Bonchev–Trinajstić information content (AvgIpc) is 3.84. The lowest BCUT2D eigenvalue weighted by molar-refractivity contribution is -0.130. The van der Waals surface area contributed by atoms with E-state index in [0.717, 1.165) is 76.5 Å². The molecule has 0 spiro atoms. The van der Waals surface area contributed by atoms with Crippen LogP contribution in [0.25, 0.3) is 0 Å². The van der Waals surface area contributed by atoms with Crippen LogP contribution in [0.3, 0.4) is 0 Å². The van der Waals surface area contributed by atoms with Crippen LogP contribution in [0.2, 0.25) is 0 Å². The van der Waals surface area contributed by atoms with Gasteiger partial charge in [-0.05, 0) is 123 Å². The molecule has 1 aromatic rings. The van der Waals surface area contributed by atoms with Crippen LogP contribution in [0.5, 0.6) is 5.75 Å². The molecule has 0 unspecified atom stereocenters. The number of aliphatic hydroxyl groups is 1. The molecule has 5 aliphatic rings. The number of amides is 4. The van der Waals surface area contributed by atoms with Crippen molar-refractivity contribution in [1.82, 2.24) is 20.9 Å². The monoisotopic (exact) mass is 795 g/mol. The fourth-order valence-corrected chi connectivity index (χ4v) is 13.1. The summed E-state index contributed by atoms with van der Waals surface area (Å²) in [5.74, 6) is 4.26. The van der Waals surface area contributed by atoms with Gasteiger partial charge in [0.2, 0.25) is 11.8 Å². The molecule has 0 radical (unpaired) electrons. The van der Waals surface area contributed by atoms with Gasteiger partial charge in [-0.15, -0.1) is 0 Å². The minimum absolute atomic E-state index is 0.0466. The van der Waals surface area contributed by atoms with Crippen molar-refractivity contribution in [2.75, 3.05) is 25.9 Å². The molecule has 2 heterocycles. The lowest BCUT2D eigenvalue weighted by Crippen LogP contribution is -2.47. The minimum Gasteiger partial charge on any atom is -0.508 e. The second-order valence-electron chi connectivity index (χ2n) is 18.6. The molecule has 3 aliphatic carbocycles. The normalized spacial score (nSPS) is 30.2. The summed E-state index contributed by atoms with van der Waals surface area (Å²) in [7, 11) is 1.94. The Bertz CT molecular complexity index is 1440. The Balaban J connectivity index is 0.733. The van der Waals surface area contributed by atoms with Gasteiger partial charge in [0.05, 0.1) is 18.2 Å². The predicted molar refractivity (Wildman–Crippen MR) is 227 cm³/mol. The maximum Gasteiger partial charge on any atom is 0.315 e. The lowest BCUT2D eigenvalue weighted by atomic mass is 9.52. The molecule has 6 rings (SSSR count). The molecule has 4 amide bonds. The van der Waals surface area contributed by atoms with Crippen molar-refractivity contribution < 1.29 is 24.6 Å². The Hall–Kier alpha value is -2.46. The molecule has 2 aliphatic heterocycles. The number of urea groups is 1. The summed E-state index contributed by atoms with van der Waals surface area (Å²) in [4.78, 5) is 38.3. The van der Waals surface area contributed by atoms with Gasteiger partial charge in [-0.3, -0.25) is 9.59 Å². The zero-order valence-corrected chi connectivity index (χ0v) is 35.5. The number of carbonyl (C=O) groups is 3. The molecule has 10 heteroatoms. The number of nitrogens with zero attached hydrogens (tertiary/aromatic N) is 1. The van der Waals surface area contributed by atoms with E-state index in [1.54, 1.807) is 0 Å². The van der Waals surface area contributed by atoms with E-state index in [4.69, 9.17) is 0 Å². The Morgan fingerprint density at radius 1 is 0.893 bits per heavy atom. The summed E-state index contributed by atoms with van der Waals surface area (Å²) in [5, 5.41) is 30.7. The van der Waals surface area contributed by atoms with E-state index in [1.807, 2.05) is 35.8 Å². The maximum atomic E-state index is 12.6. The first-order valence-corrected chi connectivity index (χ1v) is 23.9. The van der Waals surface area contributed by atoms with Crippen molar-refractivity contribution in [3.05, 3.63) is 29.3 Å². The minimum atomic E-state index is -0.145. The molecule has 0 bridgehead atoms. The second-order valence-corrected chi connectivity index (χ2v) is 19.9. The van der Waals surface area contributed by atoms with E-state index in [2.05, 4.69) is 28.9 Å². The first-order chi connectivity index (χ1) is 27.1. The van der Waals surface area contributed by atoms with Crippen molar-refractivity contribution in [2.45, 2.75) is 184 Å². The summed E-state index contributed by atoms with van der Waals surface area (Å²) < 4.78 is 0. The molecule has 4 fully saturated rings. The third-order valence-corrected chi connectivity index (χ3v) is 16.3. The van der Waals surface area contributed by atoms with E-state index in [1.165, 1.54) is 81.8 Å². The Morgan fingerprint density at radius 3 is 2.41 bits per heavy atom. The Kier molecular flexibility index (Phi) is 16.2. The van der Waals surface area contributed by atoms with Crippen molar-refractivity contribution >= 4 is 29.6 Å². The van der Waals surface area contributed by atoms with Crippen LogP contribution >= 0.6 is 11.8 Å². The summed E-state index contributed by atoms with van der Waals surface area (Å²) >= 11 is 1.92. The van der Waals surface area contributed by atoms with Gasteiger partial charge in [-0.1, -0.05) is 77.2 Å². The fourth-order valence-electron chi connectivity index (χ4n) is 11.5. The quantitative estimate of drug-likeness (QED) is 0.0558. The van der Waals surface area contributed by atoms with Crippen molar-refractivity contribution in [3.8, 4) is 5.75 Å². The van der Waals surface area contributed by atoms with E-state index in [9.17, 15) is 24.6 Å². The van der Waals surface area contributed by atoms with Gasteiger partial charge in [-0.2, -0.15) is 11.8 Å². The van der Waals surface area contributed by atoms with Gasteiger partial charge in [0.15, 0.2) is 0 Å². The number of hydrogen-bond donors (Lipinski definition) is 5. The zero-order chi connectivity index (χ0) is 39.5. The number of fused-ring (bicyclic) bond motifs is 6. The second kappa shape index (κ2) is 21.0. The summed E-state index contributed by atoms with van der Waals surface area (Å²) in [6, 6.07) is 6.57. The van der Waals surface area contributed by atoms with E-state index >= 15 is 0 Å². The number of carbonyl (C=O) groups excluding carboxylic acids is 3. The molecule has 9 atom stereocenters. The van der Waals surface area contributed by atoms with Crippen LogP contribution in [0.4, 0.5) is 4.79 Å². The number of thioether (sulfide) groups is 1. The van der Waals surface area contributed by atoms with Gasteiger partial charge >= 0.3 is 6.03 Å². The van der Waals surface area contributed by atoms with Gasteiger partial charge in [0, 0.05) is 44.0 Å². The summed E-state index contributed by atoms with van der Waals surface area (Å²) in [6.07, 6.45) is 24.7. The van der Waals surface area contributed by atoms with Crippen LogP contribution in [-0.2, 0) is 16.0 Å². The van der Waals surface area contributed by atoms with Crippen LogP contribution in [-0.4, -0.2) is 82.3 Å².